The van der Waals surface area contributed by atoms with E-state index in [1.54, 1.807) is 7.11 Å². The second kappa shape index (κ2) is 6.03. The first-order chi connectivity index (χ1) is 8.76. The number of hydrogen-bond acceptors (Lipinski definition) is 2. The minimum absolute atomic E-state index is 0.124. The van der Waals surface area contributed by atoms with Crippen molar-refractivity contribution in [2.24, 2.45) is 0 Å². The molecular formula is C15H16BrNO. The molecule has 0 radical (unpaired) electrons. The molecule has 1 N–H and O–H groups in total. The van der Waals surface area contributed by atoms with E-state index < -0.39 is 0 Å². The topological polar surface area (TPSA) is 21.3 Å². The maximum Gasteiger partial charge on any atom is 0.123 e. The monoisotopic (exact) mass is 305 g/mol. The van der Waals surface area contributed by atoms with Gasteiger partial charge in [-0.05, 0) is 30.8 Å². The van der Waals surface area contributed by atoms with Crippen molar-refractivity contribution in [3.05, 3.63) is 64.1 Å². The summed E-state index contributed by atoms with van der Waals surface area (Å²) >= 11 is 3.51. The van der Waals surface area contributed by atoms with E-state index >= 15 is 0 Å². The fourth-order valence-electron chi connectivity index (χ4n) is 2.09. The third-order valence-electron chi connectivity index (χ3n) is 2.92. The third-order valence-corrected chi connectivity index (χ3v) is 3.41. The zero-order chi connectivity index (χ0) is 13.0. The van der Waals surface area contributed by atoms with Crippen LogP contribution in [-0.2, 0) is 0 Å². The van der Waals surface area contributed by atoms with Gasteiger partial charge in [0.2, 0.25) is 0 Å². The smallest absolute Gasteiger partial charge is 0.123 e. The number of para-hydroxylation sites is 1. The molecule has 2 aromatic carbocycles. The van der Waals surface area contributed by atoms with E-state index in [1.165, 1.54) is 5.56 Å². The molecule has 0 saturated carbocycles. The van der Waals surface area contributed by atoms with E-state index in [1.807, 2.05) is 37.4 Å². The minimum atomic E-state index is 0.124. The number of halogens is 1. The maximum absolute atomic E-state index is 5.43. The summed E-state index contributed by atoms with van der Waals surface area (Å²) in [6.07, 6.45) is 0. The Morgan fingerprint density at radius 3 is 2.56 bits per heavy atom. The van der Waals surface area contributed by atoms with Gasteiger partial charge in [-0.1, -0.05) is 46.3 Å². The van der Waals surface area contributed by atoms with E-state index in [0.29, 0.717) is 0 Å². The van der Waals surface area contributed by atoms with Gasteiger partial charge in [0.05, 0.1) is 13.2 Å². The molecule has 0 amide bonds. The molecule has 0 aliphatic heterocycles. The summed E-state index contributed by atoms with van der Waals surface area (Å²) in [6, 6.07) is 16.5. The Morgan fingerprint density at radius 2 is 1.89 bits per heavy atom. The Bertz CT molecular complexity index is 527. The molecule has 0 saturated heterocycles. The third kappa shape index (κ3) is 2.74. The SMILES string of the molecule is CNC(c1cccc(Br)c1)c1ccccc1OC. The van der Waals surface area contributed by atoms with Gasteiger partial charge >= 0.3 is 0 Å². The highest BCUT2D eigenvalue weighted by atomic mass is 79.9. The van der Waals surface area contributed by atoms with Crippen molar-refractivity contribution < 1.29 is 4.74 Å². The van der Waals surface area contributed by atoms with Crippen LogP contribution < -0.4 is 10.1 Å². The Balaban J connectivity index is 2.45. The maximum atomic E-state index is 5.43. The van der Waals surface area contributed by atoms with E-state index in [2.05, 4.69) is 39.4 Å². The summed E-state index contributed by atoms with van der Waals surface area (Å²) in [5, 5.41) is 3.34. The van der Waals surface area contributed by atoms with Crippen LogP contribution in [0.3, 0.4) is 0 Å². The van der Waals surface area contributed by atoms with E-state index in [0.717, 1.165) is 15.8 Å². The number of ether oxygens (including phenoxy) is 1. The van der Waals surface area contributed by atoms with Gasteiger partial charge in [-0.2, -0.15) is 0 Å². The van der Waals surface area contributed by atoms with Gasteiger partial charge in [-0.25, -0.2) is 0 Å². The highest BCUT2D eigenvalue weighted by molar-refractivity contribution is 9.10. The molecular weight excluding hydrogens is 290 g/mol. The molecule has 0 heterocycles. The first-order valence-corrected chi connectivity index (χ1v) is 6.61. The first-order valence-electron chi connectivity index (χ1n) is 5.82. The highest BCUT2D eigenvalue weighted by Crippen LogP contribution is 2.30. The summed E-state index contributed by atoms with van der Waals surface area (Å²) in [5.41, 5.74) is 2.34. The second-order valence-electron chi connectivity index (χ2n) is 4.02. The average molecular weight is 306 g/mol. The molecule has 94 valence electrons. The number of nitrogens with one attached hydrogen (secondary N) is 1. The van der Waals surface area contributed by atoms with Crippen LogP contribution in [0.2, 0.25) is 0 Å². The first kappa shape index (κ1) is 13.1. The predicted octanol–water partition coefficient (Wildman–Crippen LogP) is 3.77. The van der Waals surface area contributed by atoms with Crippen LogP contribution in [0.5, 0.6) is 5.75 Å². The van der Waals surface area contributed by atoms with Gasteiger partial charge in [0.25, 0.3) is 0 Å². The predicted molar refractivity (Wildman–Crippen MR) is 78.0 cm³/mol. The quantitative estimate of drug-likeness (QED) is 0.928. The lowest BCUT2D eigenvalue weighted by Gasteiger charge is -2.20. The average Bonchev–Trinajstić information content (AvgIpc) is 2.40. The standard InChI is InChI=1S/C15H16BrNO/c1-17-15(11-6-5-7-12(16)10-11)13-8-3-4-9-14(13)18-2/h3-10,15,17H,1-2H3. The minimum Gasteiger partial charge on any atom is -0.496 e. The van der Waals surface area contributed by atoms with Crippen LogP contribution in [-0.4, -0.2) is 14.2 Å². The van der Waals surface area contributed by atoms with Crippen LogP contribution >= 0.6 is 15.9 Å². The van der Waals surface area contributed by atoms with E-state index in [-0.39, 0.29) is 6.04 Å². The van der Waals surface area contributed by atoms with E-state index in [9.17, 15) is 0 Å². The van der Waals surface area contributed by atoms with Crippen molar-refractivity contribution in [2.75, 3.05) is 14.2 Å². The lowest BCUT2D eigenvalue weighted by atomic mass is 9.98. The van der Waals surface area contributed by atoms with Crippen molar-refractivity contribution >= 4 is 15.9 Å². The van der Waals surface area contributed by atoms with Crippen molar-refractivity contribution in [1.29, 1.82) is 0 Å². The molecule has 1 atom stereocenters. The van der Waals surface area contributed by atoms with E-state index in [4.69, 9.17) is 4.74 Å². The van der Waals surface area contributed by atoms with Gasteiger partial charge in [-0.15, -0.1) is 0 Å². The molecule has 0 aromatic heterocycles. The molecule has 2 aromatic rings. The molecule has 2 nitrogen and oxygen atoms in total. The normalized spacial score (nSPS) is 12.2. The Labute approximate surface area is 116 Å². The zero-order valence-electron chi connectivity index (χ0n) is 10.5. The number of rotatable bonds is 4. The van der Waals surface area contributed by atoms with Crippen LogP contribution in [0.4, 0.5) is 0 Å². The molecule has 0 aliphatic carbocycles. The lowest BCUT2D eigenvalue weighted by molar-refractivity contribution is 0.405. The van der Waals surface area contributed by atoms with Crippen molar-refractivity contribution in [3.63, 3.8) is 0 Å². The van der Waals surface area contributed by atoms with Crippen LogP contribution in [0.15, 0.2) is 53.0 Å². The molecule has 0 aliphatic rings. The van der Waals surface area contributed by atoms with Crippen molar-refractivity contribution in [1.82, 2.24) is 5.32 Å². The fraction of sp³-hybridized carbons (Fsp3) is 0.200. The van der Waals surface area contributed by atoms with Gasteiger partial charge in [0.15, 0.2) is 0 Å². The molecule has 2 rings (SSSR count). The number of benzene rings is 2. The largest absolute Gasteiger partial charge is 0.496 e. The summed E-state index contributed by atoms with van der Waals surface area (Å²) in [4.78, 5) is 0. The van der Waals surface area contributed by atoms with Gasteiger partial charge < -0.3 is 10.1 Å². The highest BCUT2D eigenvalue weighted by Gasteiger charge is 2.15. The van der Waals surface area contributed by atoms with Gasteiger partial charge in [0, 0.05) is 10.0 Å². The summed E-state index contributed by atoms with van der Waals surface area (Å²) in [6.45, 7) is 0. The molecule has 3 heteroatoms. The molecule has 0 bridgehead atoms. The number of methoxy groups -OCH3 is 1. The second-order valence-corrected chi connectivity index (χ2v) is 4.93. The summed E-state index contributed by atoms with van der Waals surface area (Å²) in [7, 11) is 3.66. The Hall–Kier alpha value is -1.32. The molecule has 0 fully saturated rings. The van der Waals surface area contributed by atoms with Crippen LogP contribution in [0, 0.1) is 0 Å². The van der Waals surface area contributed by atoms with Crippen molar-refractivity contribution in [2.45, 2.75) is 6.04 Å². The van der Waals surface area contributed by atoms with Crippen molar-refractivity contribution in [3.8, 4) is 5.75 Å². The molecule has 0 spiro atoms. The van der Waals surface area contributed by atoms with Crippen LogP contribution in [0.25, 0.3) is 0 Å². The van der Waals surface area contributed by atoms with Gasteiger partial charge in [0.1, 0.15) is 5.75 Å². The summed E-state index contributed by atoms with van der Waals surface area (Å²) < 4.78 is 6.51. The molecule has 18 heavy (non-hydrogen) atoms. The summed E-state index contributed by atoms with van der Waals surface area (Å²) in [5.74, 6) is 0.900. The molecule has 1 unspecified atom stereocenters. The van der Waals surface area contributed by atoms with Crippen LogP contribution in [0.1, 0.15) is 17.2 Å². The fourth-order valence-corrected chi connectivity index (χ4v) is 2.51. The number of hydrogen-bond donors (Lipinski definition) is 1. The van der Waals surface area contributed by atoms with Gasteiger partial charge in [-0.3, -0.25) is 0 Å². The lowest BCUT2D eigenvalue weighted by Crippen LogP contribution is -2.18. The Kier molecular flexibility index (Phi) is 4.39. The zero-order valence-corrected chi connectivity index (χ0v) is 12.1. The Morgan fingerprint density at radius 1 is 1.11 bits per heavy atom.